The molecule has 0 bridgehead atoms. The second-order valence-electron chi connectivity index (χ2n) is 5.19. The van der Waals surface area contributed by atoms with E-state index in [0.29, 0.717) is 41.9 Å². The van der Waals surface area contributed by atoms with Crippen molar-refractivity contribution in [3.8, 4) is 11.6 Å². The van der Waals surface area contributed by atoms with Gasteiger partial charge in [0.25, 0.3) is 5.91 Å². The van der Waals surface area contributed by atoms with Crippen LogP contribution in [0.15, 0.2) is 42.6 Å². The first kappa shape index (κ1) is 15.6. The molecule has 0 unspecified atom stereocenters. The number of aromatic nitrogens is 1. The minimum absolute atomic E-state index is 0.0436. The van der Waals surface area contributed by atoms with Gasteiger partial charge in [0, 0.05) is 12.3 Å². The van der Waals surface area contributed by atoms with E-state index in [1.807, 2.05) is 25.1 Å². The molecule has 1 aromatic carbocycles. The van der Waals surface area contributed by atoms with Crippen molar-refractivity contribution in [2.24, 2.45) is 0 Å². The third-order valence-corrected chi connectivity index (χ3v) is 3.76. The number of halogens is 1. The van der Waals surface area contributed by atoms with Crippen LogP contribution in [0, 0.1) is 0 Å². The standard InChI is InChI=1S/C17H17ClN2O3/c1-2-22-15-6-4-3-5-14(15)17(21)20-10-13(11-20)23-16-8-7-12(18)9-19-16/h3-9,13H,2,10-11H2,1H3. The van der Waals surface area contributed by atoms with Crippen molar-refractivity contribution in [2.75, 3.05) is 19.7 Å². The maximum absolute atomic E-state index is 12.5. The number of hydrogen-bond donors (Lipinski definition) is 0. The Hall–Kier alpha value is -2.27. The topological polar surface area (TPSA) is 51.7 Å². The summed E-state index contributed by atoms with van der Waals surface area (Å²) < 4.78 is 11.2. The van der Waals surface area contributed by atoms with Crippen LogP contribution >= 0.6 is 11.6 Å². The summed E-state index contributed by atoms with van der Waals surface area (Å²) in [4.78, 5) is 18.3. The van der Waals surface area contributed by atoms with Gasteiger partial charge in [-0.3, -0.25) is 4.79 Å². The zero-order valence-corrected chi connectivity index (χ0v) is 13.5. The molecule has 0 spiro atoms. The Labute approximate surface area is 139 Å². The van der Waals surface area contributed by atoms with Gasteiger partial charge in [0.1, 0.15) is 11.9 Å². The van der Waals surface area contributed by atoms with Crippen LogP contribution in [0.5, 0.6) is 11.6 Å². The maximum atomic E-state index is 12.5. The molecule has 23 heavy (non-hydrogen) atoms. The molecule has 1 aliphatic rings. The van der Waals surface area contributed by atoms with Gasteiger partial charge in [-0.05, 0) is 25.1 Å². The van der Waals surface area contributed by atoms with E-state index in [1.165, 1.54) is 6.20 Å². The second-order valence-corrected chi connectivity index (χ2v) is 5.63. The number of carbonyl (C=O) groups is 1. The van der Waals surface area contributed by atoms with E-state index in [1.54, 1.807) is 23.1 Å². The van der Waals surface area contributed by atoms with Crippen molar-refractivity contribution in [3.63, 3.8) is 0 Å². The lowest BCUT2D eigenvalue weighted by molar-refractivity contribution is 0.0157. The molecule has 0 radical (unpaired) electrons. The predicted molar refractivity (Wildman–Crippen MR) is 87.2 cm³/mol. The van der Waals surface area contributed by atoms with Gasteiger partial charge in [0.15, 0.2) is 0 Å². The van der Waals surface area contributed by atoms with Crippen molar-refractivity contribution in [1.82, 2.24) is 9.88 Å². The number of rotatable bonds is 5. The molecule has 1 aliphatic heterocycles. The summed E-state index contributed by atoms with van der Waals surface area (Å²) in [6.45, 7) is 3.49. The van der Waals surface area contributed by atoms with Crippen LogP contribution < -0.4 is 9.47 Å². The highest BCUT2D eigenvalue weighted by molar-refractivity contribution is 6.30. The summed E-state index contributed by atoms with van der Waals surface area (Å²) >= 11 is 5.79. The van der Waals surface area contributed by atoms with E-state index in [4.69, 9.17) is 21.1 Å². The van der Waals surface area contributed by atoms with Gasteiger partial charge in [-0.25, -0.2) is 4.98 Å². The van der Waals surface area contributed by atoms with Crippen molar-refractivity contribution in [2.45, 2.75) is 13.0 Å². The molecule has 120 valence electrons. The van der Waals surface area contributed by atoms with Gasteiger partial charge in [-0.1, -0.05) is 23.7 Å². The Kier molecular flexibility index (Phi) is 4.67. The first-order chi connectivity index (χ1) is 11.2. The molecule has 0 aliphatic carbocycles. The number of pyridine rings is 1. The van der Waals surface area contributed by atoms with Crippen molar-refractivity contribution in [3.05, 3.63) is 53.2 Å². The fourth-order valence-corrected chi connectivity index (χ4v) is 2.49. The molecular weight excluding hydrogens is 316 g/mol. The molecule has 6 heteroatoms. The minimum Gasteiger partial charge on any atom is -0.493 e. The lowest BCUT2D eigenvalue weighted by Crippen LogP contribution is -2.56. The second kappa shape index (κ2) is 6.87. The largest absolute Gasteiger partial charge is 0.493 e. The fourth-order valence-electron chi connectivity index (χ4n) is 2.38. The summed E-state index contributed by atoms with van der Waals surface area (Å²) in [7, 11) is 0. The number of carbonyl (C=O) groups excluding carboxylic acids is 1. The molecule has 0 saturated carbocycles. The average molecular weight is 333 g/mol. The van der Waals surface area contributed by atoms with E-state index >= 15 is 0 Å². The Morgan fingerprint density at radius 1 is 1.30 bits per heavy atom. The highest BCUT2D eigenvalue weighted by Crippen LogP contribution is 2.24. The lowest BCUT2D eigenvalue weighted by atomic mass is 10.1. The van der Waals surface area contributed by atoms with Crippen molar-refractivity contribution < 1.29 is 14.3 Å². The summed E-state index contributed by atoms with van der Waals surface area (Å²) in [6, 6.07) is 10.7. The van der Waals surface area contributed by atoms with E-state index in [9.17, 15) is 4.79 Å². The zero-order chi connectivity index (χ0) is 16.2. The van der Waals surface area contributed by atoms with Gasteiger partial charge in [0.05, 0.1) is 30.3 Å². The number of likely N-dealkylation sites (tertiary alicyclic amines) is 1. The Morgan fingerprint density at radius 3 is 2.78 bits per heavy atom. The van der Waals surface area contributed by atoms with Crippen LogP contribution in [0.2, 0.25) is 5.02 Å². The number of hydrogen-bond acceptors (Lipinski definition) is 4. The molecule has 5 nitrogen and oxygen atoms in total. The van der Waals surface area contributed by atoms with Crippen molar-refractivity contribution in [1.29, 1.82) is 0 Å². The average Bonchev–Trinajstić information content (AvgIpc) is 2.52. The van der Waals surface area contributed by atoms with Crippen LogP contribution in [0.25, 0.3) is 0 Å². The Morgan fingerprint density at radius 2 is 2.09 bits per heavy atom. The minimum atomic E-state index is -0.0492. The third-order valence-electron chi connectivity index (χ3n) is 3.54. The van der Waals surface area contributed by atoms with Gasteiger partial charge in [-0.15, -0.1) is 0 Å². The van der Waals surface area contributed by atoms with Gasteiger partial charge in [-0.2, -0.15) is 0 Å². The number of amides is 1. The van der Waals surface area contributed by atoms with Crippen LogP contribution in [0.4, 0.5) is 0 Å². The SMILES string of the molecule is CCOc1ccccc1C(=O)N1CC(Oc2ccc(Cl)cn2)C1. The fraction of sp³-hybridized carbons (Fsp3) is 0.294. The van der Waals surface area contributed by atoms with E-state index in [-0.39, 0.29) is 12.0 Å². The molecule has 1 fully saturated rings. The summed E-state index contributed by atoms with van der Waals surface area (Å²) in [6.07, 6.45) is 1.49. The van der Waals surface area contributed by atoms with E-state index in [0.717, 1.165) is 0 Å². The van der Waals surface area contributed by atoms with Gasteiger partial charge < -0.3 is 14.4 Å². The summed E-state index contributed by atoms with van der Waals surface area (Å²) in [5.74, 6) is 1.09. The number of benzene rings is 1. The zero-order valence-electron chi connectivity index (χ0n) is 12.7. The summed E-state index contributed by atoms with van der Waals surface area (Å²) in [5, 5.41) is 0.565. The van der Waals surface area contributed by atoms with Crippen LogP contribution in [0.3, 0.4) is 0 Å². The van der Waals surface area contributed by atoms with E-state index in [2.05, 4.69) is 4.98 Å². The summed E-state index contributed by atoms with van der Waals surface area (Å²) in [5.41, 5.74) is 0.581. The molecule has 0 atom stereocenters. The molecule has 2 aromatic rings. The number of para-hydroxylation sites is 1. The monoisotopic (exact) mass is 332 g/mol. The highest BCUT2D eigenvalue weighted by atomic mass is 35.5. The first-order valence-electron chi connectivity index (χ1n) is 7.46. The number of ether oxygens (including phenoxy) is 2. The van der Waals surface area contributed by atoms with Gasteiger partial charge >= 0.3 is 0 Å². The molecule has 1 aromatic heterocycles. The third kappa shape index (κ3) is 3.56. The number of nitrogens with zero attached hydrogens (tertiary/aromatic N) is 2. The first-order valence-corrected chi connectivity index (χ1v) is 7.84. The molecule has 2 heterocycles. The molecule has 3 rings (SSSR count). The molecule has 0 N–H and O–H groups in total. The quantitative estimate of drug-likeness (QED) is 0.844. The lowest BCUT2D eigenvalue weighted by Gasteiger charge is -2.38. The van der Waals surface area contributed by atoms with Crippen LogP contribution in [-0.4, -0.2) is 41.6 Å². The maximum Gasteiger partial charge on any atom is 0.257 e. The van der Waals surface area contributed by atoms with Crippen molar-refractivity contribution >= 4 is 17.5 Å². The molecule has 1 amide bonds. The Bertz CT molecular complexity index is 684. The van der Waals surface area contributed by atoms with Crippen LogP contribution in [0.1, 0.15) is 17.3 Å². The van der Waals surface area contributed by atoms with Gasteiger partial charge in [0.2, 0.25) is 5.88 Å². The Balaban J connectivity index is 1.58. The smallest absolute Gasteiger partial charge is 0.257 e. The predicted octanol–water partition coefficient (Wildman–Crippen LogP) is 3.04. The van der Waals surface area contributed by atoms with E-state index < -0.39 is 0 Å². The highest BCUT2D eigenvalue weighted by Gasteiger charge is 2.34. The normalized spacial score (nSPS) is 14.3. The molecular formula is C17H17ClN2O3. The molecule has 1 saturated heterocycles. The van der Waals surface area contributed by atoms with Crippen LogP contribution in [-0.2, 0) is 0 Å².